The van der Waals surface area contributed by atoms with Gasteiger partial charge in [0.05, 0.1) is 5.56 Å². The average Bonchev–Trinajstić information content (AvgIpc) is 3.47. The van der Waals surface area contributed by atoms with Crippen molar-refractivity contribution in [3.05, 3.63) is 119 Å². The Morgan fingerprint density at radius 2 is 1.41 bits per heavy atom. The topological polar surface area (TPSA) is 66.0 Å². The van der Waals surface area contributed by atoms with Gasteiger partial charge in [0.15, 0.2) is 11.5 Å². The summed E-state index contributed by atoms with van der Waals surface area (Å²) in [6, 6.07) is 31.3. The molecule has 1 heterocycles. The van der Waals surface area contributed by atoms with Gasteiger partial charge in [0.2, 0.25) is 6.79 Å². The van der Waals surface area contributed by atoms with Crippen LogP contribution in [-0.4, -0.2) is 32.0 Å². The lowest BCUT2D eigenvalue weighted by molar-refractivity contribution is 0.0734. The van der Waals surface area contributed by atoms with Crippen molar-refractivity contribution in [2.75, 3.05) is 19.9 Å². The molecule has 0 amide bonds. The first-order chi connectivity index (χ1) is 20.0. The second kappa shape index (κ2) is 13.2. The van der Waals surface area contributed by atoms with Crippen molar-refractivity contribution < 1.29 is 23.7 Å². The Kier molecular flexibility index (Phi) is 9.02. The van der Waals surface area contributed by atoms with Crippen LogP contribution in [0.4, 0.5) is 0 Å². The highest BCUT2D eigenvalue weighted by atomic mass is 16.7. The maximum absolute atomic E-state index is 12.6. The second-order valence-electron chi connectivity index (χ2n) is 10.0. The van der Waals surface area contributed by atoms with E-state index in [1.165, 1.54) is 0 Å². The molecule has 1 aliphatic rings. The van der Waals surface area contributed by atoms with E-state index in [9.17, 15) is 4.79 Å². The number of rotatable bonds is 11. The summed E-state index contributed by atoms with van der Waals surface area (Å²) in [5, 5.41) is 3.37. The van der Waals surface area contributed by atoms with Gasteiger partial charge in [-0.1, -0.05) is 69.3 Å². The minimum absolute atomic E-state index is 0.230. The number of hydrogen-bond donors (Lipinski definition) is 1. The molecule has 6 heteroatoms. The van der Waals surface area contributed by atoms with E-state index in [4.69, 9.17) is 18.9 Å². The van der Waals surface area contributed by atoms with Gasteiger partial charge in [0.1, 0.15) is 18.1 Å². The molecule has 41 heavy (non-hydrogen) atoms. The summed E-state index contributed by atoms with van der Waals surface area (Å²) in [6.07, 6.45) is 0.791. The fourth-order valence-electron chi connectivity index (χ4n) is 4.79. The molecule has 4 aromatic rings. The van der Waals surface area contributed by atoms with Crippen LogP contribution in [0.2, 0.25) is 0 Å². The number of benzene rings is 4. The summed E-state index contributed by atoms with van der Waals surface area (Å²) in [4.78, 5) is 12.6. The molecule has 0 bridgehead atoms. The number of esters is 1. The van der Waals surface area contributed by atoms with Gasteiger partial charge >= 0.3 is 5.97 Å². The second-order valence-corrected chi connectivity index (χ2v) is 10.0. The van der Waals surface area contributed by atoms with Crippen LogP contribution in [0.3, 0.4) is 0 Å². The molecule has 0 saturated carbocycles. The molecule has 0 aromatic heterocycles. The van der Waals surface area contributed by atoms with Gasteiger partial charge in [0.25, 0.3) is 0 Å². The van der Waals surface area contributed by atoms with Crippen LogP contribution in [0.25, 0.3) is 11.1 Å². The average molecular weight is 550 g/mol. The third kappa shape index (κ3) is 6.97. The number of carbonyl (C=O) groups excluding carboxylic acids is 1. The van der Waals surface area contributed by atoms with E-state index in [-0.39, 0.29) is 12.8 Å². The van der Waals surface area contributed by atoms with Gasteiger partial charge in [0, 0.05) is 12.6 Å². The highest BCUT2D eigenvalue weighted by Gasteiger charge is 2.18. The molecule has 5 rings (SSSR count). The van der Waals surface area contributed by atoms with E-state index in [2.05, 4.69) is 44.3 Å². The van der Waals surface area contributed by atoms with Crippen molar-refractivity contribution >= 4 is 17.1 Å². The fourth-order valence-corrected chi connectivity index (χ4v) is 4.79. The summed E-state index contributed by atoms with van der Waals surface area (Å²) in [5.74, 6) is 2.42. The van der Waals surface area contributed by atoms with Crippen LogP contribution in [0.15, 0.2) is 97.1 Å². The lowest BCUT2D eigenvalue weighted by Crippen LogP contribution is -2.27. The van der Waals surface area contributed by atoms with Crippen LogP contribution >= 0.6 is 0 Å². The van der Waals surface area contributed by atoms with E-state index in [0.29, 0.717) is 24.0 Å². The van der Waals surface area contributed by atoms with Crippen molar-refractivity contribution in [2.45, 2.75) is 33.2 Å². The lowest BCUT2D eigenvalue weighted by atomic mass is 9.88. The third-order valence-electron chi connectivity index (χ3n) is 6.81. The predicted molar refractivity (Wildman–Crippen MR) is 162 cm³/mol. The van der Waals surface area contributed by atoms with E-state index in [1.807, 2.05) is 66.7 Å². The van der Waals surface area contributed by atoms with Gasteiger partial charge in [-0.3, -0.25) is 0 Å². The van der Waals surface area contributed by atoms with Crippen LogP contribution in [0.1, 0.15) is 54.2 Å². The van der Waals surface area contributed by atoms with Crippen LogP contribution in [0.5, 0.6) is 23.0 Å². The zero-order valence-electron chi connectivity index (χ0n) is 23.7. The number of ether oxygens (including phenoxy) is 4. The van der Waals surface area contributed by atoms with Gasteiger partial charge in [-0.05, 0) is 82.8 Å². The minimum Gasteiger partial charge on any atom is -0.492 e. The van der Waals surface area contributed by atoms with E-state index >= 15 is 0 Å². The molecule has 6 nitrogen and oxygen atoms in total. The summed E-state index contributed by atoms with van der Waals surface area (Å²) in [6.45, 7) is 8.00. The molecule has 1 N–H and O–H groups in total. The molecule has 0 spiro atoms. The van der Waals surface area contributed by atoms with Crippen LogP contribution in [0, 0.1) is 0 Å². The van der Waals surface area contributed by atoms with Crippen molar-refractivity contribution in [3.63, 3.8) is 0 Å². The van der Waals surface area contributed by atoms with Gasteiger partial charge < -0.3 is 24.3 Å². The van der Waals surface area contributed by atoms with Crippen molar-refractivity contribution in [3.8, 4) is 23.0 Å². The highest BCUT2D eigenvalue weighted by Crippen LogP contribution is 2.40. The van der Waals surface area contributed by atoms with Crippen molar-refractivity contribution in [2.24, 2.45) is 0 Å². The van der Waals surface area contributed by atoms with Gasteiger partial charge in [-0.2, -0.15) is 0 Å². The van der Waals surface area contributed by atoms with Gasteiger partial charge in [-0.25, -0.2) is 4.79 Å². The van der Waals surface area contributed by atoms with E-state index in [0.717, 1.165) is 58.1 Å². The Labute approximate surface area is 241 Å². The molecule has 210 valence electrons. The first-order valence-corrected chi connectivity index (χ1v) is 14.0. The number of hydrogen-bond acceptors (Lipinski definition) is 6. The standard InChI is InChI=1S/C35H35NO5/c1-4-31(28-14-19-32-33(22-28)40-23-39-32)34(25-10-15-29(16-11-25)38-21-20-36-24(2)3)26-12-17-30(18-13-26)41-35(37)27-8-6-5-7-9-27/h5-19,22,24,36H,4,20-21,23H2,1-3H3/b34-31+. The predicted octanol–water partition coefficient (Wildman–Crippen LogP) is 7.38. The quantitative estimate of drug-likeness (QED) is 0.0911. The number of allylic oxidation sites excluding steroid dienone is 1. The molecule has 0 radical (unpaired) electrons. The van der Waals surface area contributed by atoms with E-state index < -0.39 is 0 Å². The maximum Gasteiger partial charge on any atom is 0.343 e. The Hall–Kier alpha value is -4.55. The zero-order chi connectivity index (χ0) is 28.6. The summed E-state index contributed by atoms with van der Waals surface area (Å²) in [5.41, 5.74) is 5.88. The molecular weight excluding hydrogens is 514 g/mol. The van der Waals surface area contributed by atoms with Crippen molar-refractivity contribution in [1.29, 1.82) is 0 Å². The number of fused-ring (bicyclic) bond motifs is 1. The molecule has 0 atom stereocenters. The Morgan fingerprint density at radius 1 is 0.780 bits per heavy atom. The molecular formula is C35H35NO5. The fraction of sp³-hybridized carbons (Fsp3) is 0.229. The Bertz CT molecular complexity index is 1490. The number of nitrogens with one attached hydrogen (secondary N) is 1. The Morgan fingerprint density at radius 3 is 2.07 bits per heavy atom. The molecule has 1 aliphatic heterocycles. The maximum atomic E-state index is 12.6. The lowest BCUT2D eigenvalue weighted by Gasteiger charge is -2.18. The third-order valence-corrected chi connectivity index (χ3v) is 6.81. The first-order valence-electron chi connectivity index (χ1n) is 14.0. The monoisotopic (exact) mass is 549 g/mol. The summed E-state index contributed by atoms with van der Waals surface area (Å²) < 4.78 is 22.8. The zero-order valence-corrected chi connectivity index (χ0v) is 23.7. The molecule has 0 unspecified atom stereocenters. The largest absolute Gasteiger partial charge is 0.492 e. The summed E-state index contributed by atoms with van der Waals surface area (Å²) in [7, 11) is 0. The van der Waals surface area contributed by atoms with E-state index in [1.54, 1.807) is 12.1 Å². The Balaban J connectivity index is 1.46. The van der Waals surface area contributed by atoms with Crippen LogP contribution < -0.4 is 24.3 Å². The summed E-state index contributed by atoms with van der Waals surface area (Å²) >= 11 is 0. The van der Waals surface area contributed by atoms with Gasteiger partial charge in [-0.15, -0.1) is 0 Å². The normalized spacial score (nSPS) is 12.7. The SMILES string of the molecule is CC/C(=C(/c1ccc(OCCNC(C)C)cc1)c1ccc(OC(=O)c2ccccc2)cc1)c1ccc2c(c1)OCO2. The number of carbonyl (C=O) groups is 1. The highest BCUT2D eigenvalue weighted by molar-refractivity contribution is 5.99. The molecule has 0 aliphatic carbocycles. The van der Waals surface area contributed by atoms with Crippen molar-refractivity contribution in [1.82, 2.24) is 5.32 Å². The molecule has 0 fully saturated rings. The molecule has 0 saturated heterocycles. The first kappa shape index (κ1) is 28.0. The molecule has 4 aromatic carbocycles. The minimum atomic E-state index is -0.386. The van der Waals surface area contributed by atoms with Crippen LogP contribution in [-0.2, 0) is 0 Å². The smallest absolute Gasteiger partial charge is 0.343 e.